The van der Waals surface area contributed by atoms with Gasteiger partial charge in [0, 0.05) is 24.2 Å². The van der Waals surface area contributed by atoms with E-state index in [0.717, 1.165) is 35.2 Å². The zero-order chi connectivity index (χ0) is 20.5. The Kier molecular flexibility index (Phi) is 5.27. The van der Waals surface area contributed by atoms with Crippen molar-refractivity contribution in [3.63, 3.8) is 0 Å². The fraction of sp³-hybridized carbons (Fsp3) is 0.360. The van der Waals surface area contributed by atoms with E-state index in [1.165, 1.54) is 17.5 Å². The van der Waals surface area contributed by atoms with E-state index in [9.17, 15) is 4.79 Å². The molecule has 0 saturated carbocycles. The molecule has 0 aliphatic carbocycles. The second-order valence-corrected chi connectivity index (χ2v) is 8.65. The number of hydrogen-bond acceptors (Lipinski definition) is 3. The molecule has 3 aromatic rings. The number of amides is 1. The summed E-state index contributed by atoms with van der Waals surface area (Å²) >= 11 is 0. The molecule has 0 unspecified atom stereocenters. The third-order valence-corrected chi connectivity index (χ3v) is 5.88. The largest absolute Gasteiger partial charge is 0.340 e. The maximum atomic E-state index is 13.5. The molecule has 4 rings (SSSR count). The number of carbonyl (C=O) groups is 1. The lowest BCUT2D eigenvalue weighted by Crippen LogP contribution is -2.42. The van der Waals surface area contributed by atoms with Crippen molar-refractivity contribution in [1.82, 2.24) is 9.88 Å². The van der Waals surface area contributed by atoms with E-state index in [4.69, 9.17) is 4.98 Å². The number of piperidine rings is 1. The van der Waals surface area contributed by atoms with Gasteiger partial charge in [-0.1, -0.05) is 38.1 Å². The lowest BCUT2D eigenvalue weighted by Gasteiger charge is -2.35. The fourth-order valence-electron chi connectivity index (χ4n) is 4.38. The van der Waals surface area contributed by atoms with Crippen LogP contribution in [0.1, 0.15) is 41.8 Å². The predicted octanol–water partition coefficient (Wildman–Crippen LogP) is 5.71. The minimum absolute atomic E-state index is 0.102. The summed E-state index contributed by atoms with van der Waals surface area (Å²) in [5.74, 6) is 1.87. The summed E-state index contributed by atoms with van der Waals surface area (Å²) in [6.45, 7) is 10.3. The Morgan fingerprint density at radius 2 is 1.72 bits per heavy atom. The van der Waals surface area contributed by atoms with Gasteiger partial charge in [0.2, 0.25) is 0 Å². The number of nitrogens with one attached hydrogen (secondary N) is 1. The maximum absolute atomic E-state index is 13.5. The second-order valence-electron chi connectivity index (χ2n) is 8.65. The normalized spacial score (nSPS) is 19.4. The van der Waals surface area contributed by atoms with E-state index in [0.29, 0.717) is 17.7 Å². The average molecular weight is 388 g/mol. The van der Waals surface area contributed by atoms with Crippen LogP contribution in [0.15, 0.2) is 48.5 Å². The first-order chi connectivity index (χ1) is 13.9. The van der Waals surface area contributed by atoms with Gasteiger partial charge >= 0.3 is 0 Å². The zero-order valence-electron chi connectivity index (χ0n) is 17.7. The molecule has 4 heteroatoms. The van der Waals surface area contributed by atoms with Crippen LogP contribution in [-0.2, 0) is 0 Å². The molecule has 4 nitrogen and oxygen atoms in total. The van der Waals surface area contributed by atoms with Crippen LogP contribution in [0.25, 0.3) is 10.9 Å². The minimum Gasteiger partial charge on any atom is -0.340 e. The number of aromatic nitrogens is 1. The first-order valence-electron chi connectivity index (χ1n) is 10.4. The smallest absolute Gasteiger partial charge is 0.254 e. The molecule has 0 spiro atoms. The zero-order valence-corrected chi connectivity index (χ0v) is 17.7. The minimum atomic E-state index is 0.102. The Bertz CT molecular complexity index is 1050. The molecule has 1 saturated heterocycles. The van der Waals surface area contributed by atoms with Crippen LogP contribution in [0.3, 0.4) is 0 Å². The van der Waals surface area contributed by atoms with E-state index in [1.807, 2.05) is 35.2 Å². The summed E-state index contributed by atoms with van der Waals surface area (Å²) < 4.78 is 0. The summed E-state index contributed by atoms with van der Waals surface area (Å²) in [7, 11) is 0. The second kappa shape index (κ2) is 7.86. The number of fused-ring (bicyclic) bond motifs is 1. The molecular formula is C25H29N3O. The number of aryl methyl sites for hydroxylation is 2. The van der Waals surface area contributed by atoms with Crippen molar-refractivity contribution in [2.24, 2.45) is 11.8 Å². The summed E-state index contributed by atoms with van der Waals surface area (Å²) in [4.78, 5) is 20.3. The number of nitrogens with zero attached hydrogens (tertiary/aromatic N) is 2. The Labute approximate surface area is 173 Å². The molecular weight excluding hydrogens is 358 g/mol. The van der Waals surface area contributed by atoms with E-state index >= 15 is 0 Å². The van der Waals surface area contributed by atoms with E-state index < -0.39 is 0 Å². The topological polar surface area (TPSA) is 45.2 Å². The number of rotatable bonds is 3. The summed E-state index contributed by atoms with van der Waals surface area (Å²) in [5.41, 5.74) is 5.02. The molecule has 1 fully saturated rings. The third-order valence-electron chi connectivity index (χ3n) is 5.88. The molecule has 2 heterocycles. The highest BCUT2D eigenvalue weighted by molar-refractivity contribution is 6.07. The van der Waals surface area contributed by atoms with Crippen molar-refractivity contribution in [1.29, 1.82) is 0 Å². The van der Waals surface area contributed by atoms with E-state index in [1.54, 1.807) is 0 Å². The van der Waals surface area contributed by atoms with Gasteiger partial charge in [-0.05, 0) is 67.5 Å². The molecule has 0 radical (unpaired) electrons. The van der Waals surface area contributed by atoms with Gasteiger partial charge in [-0.15, -0.1) is 0 Å². The standard InChI is InChI=1S/C25H29N3O/c1-16-11-17(2)15-28(14-16)25(29)22-13-24(27-23-8-6-5-7-21(22)23)26-20-10-9-18(3)19(4)12-20/h5-10,12-13,16-17H,11,14-15H2,1-4H3,(H,26,27)/t16-,17-/m1/s1. The summed E-state index contributed by atoms with van der Waals surface area (Å²) in [6, 6.07) is 16.1. The van der Waals surface area contributed by atoms with Gasteiger partial charge in [0.05, 0.1) is 11.1 Å². The first-order valence-corrected chi connectivity index (χ1v) is 10.4. The molecule has 1 aliphatic heterocycles. The van der Waals surface area contributed by atoms with Crippen molar-refractivity contribution in [2.75, 3.05) is 18.4 Å². The predicted molar refractivity (Wildman–Crippen MR) is 120 cm³/mol. The van der Waals surface area contributed by atoms with Crippen molar-refractivity contribution >= 4 is 28.3 Å². The first kappa shape index (κ1) is 19.4. The highest BCUT2D eigenvalue weighted by atomic mass is 16.2. The molecule has 1 aromatic heterocycles. The summed E-state index contributed by atoms with van der Waals surface area (Å²) in [6.07, 6.45) is 1.18. The van der Waals surface area contributed by atoms with Gasteiger partial charge in [-0.2, -0.15) is 0 Å². The lowest BCUT2D eigenvalue weighted by molar-refractivity contribution is 0.0625. The van der Waals surface area contributed by atoms with Crippen LogP contribution in [0.2, 0.25) is 0 Å². The van der Waals surface area contributed by atoms with Crippen molar-refractivity contribution in [2.45, 2.75) is 34.1 Å². The highest BCUT2D eigenvalue weighted by Gasteiger charge is 2.27. The number of hydrogen-bond donors (Lipinski definition) is 1. The molecule has 2 aromatic carbocycles. The monoisotopic (exact) mass is 387 g/mol. The number of likely N-dealkylation sites (tertiary alicyclic amines) is 1. The van der Waals surface area contributed by atoms with Crippen LogP contribution in [0.5, 0.6) is 0 Å². The number of para-hydroxylation sites is 1. The highest BCUT2D eigenvalue weighted by Crippen LogP contribution is 2.28. The molecule has 0 bridgehead atoms. The van der Waals surface area contributed by atoms with Crippen LogP contribution in [0, 0.1) is 25.7 Å². The lowest BCUT2D eigenvalue weighted by atomic mass is 9.91. The molecule has 1 N–H and O–H groups in total. The Morgan fingerprint density at radius 3 is 2.45 bits per heavy atom. The number of anilines is 2. The van der Waals surface area contributed by atoms with Gasteiger partial charge in [-0.25, -0.2) is 4.98 Å². The average Bonchev–Trinajstić information content (AvgIpc) is 2.69. The molecule has 1 aliphatic rings. The Morgan fingerprint density at radius 1 is 1.00 bits per heavy atom. The van der Waals surface area contributed by atoms with Gasteiger partial charge in [-0.3, -0.25) is 4.79 Å². The third kappa shape index (κ3) is 4.12. The molecule has 150 valence electrons. The fourth-order valence-corrected chi connectivity index (χ4v) is 4.38. The molecule has 29 heavy (non-hydrogen) atoms. The van der Waals surface area contributed by atoms with Crippen LogP contribution < -0.4 is 5.32 Å². The maximum Gasteiger partial charge on any atom is 0.254 e. The van der Waals surface area contributed by atoms with Crippen molar-refractivity contribution < 1.29 is 4.79 Å². The Balaban J connectivity index is 1.72. The van der Waals surface area contributed by atoms with Crippen LogP contribution >= 0.6 is 0 Å². The van der Waals surface area contributed by atoms with Crippen molar-refractivity contribution in [3.05, 3.63) is 65.2 Å². The van der Waals surface area contributed by atoms with E-state index in [2.05, 4.69) is 51.2 Å². The number of pyridine rings is 1. The quantitative estimate of drug-likeness (QED) is 0.626. The SMILES string of the molecule is Cc1ccc(Nc2cc(C(=O)N3C[C@H](C)C[C@@H](C)C3)c3ccccc3n2)cc1C. The molecule has 1 amide bonds. The van der Waals surface area contributed by atoms with Crippen LogP contribution in [-0.4, -0.2) is 28.9 Å². The van der Waals surface area contributed by atoms with Gasteiger partial charge in [0.15, 0.2) is 0 Å². The number of benzene rings is 2. The Hall–Kier alpha value is -2.88. The number of carbonyl (C=O) groups excluding carboxylic acids is 1. The van der Waals surface area contributed by atoms with E-state index in [-0.39, 0.29) is 5.91 Å². The molecule has 2 atom stereocenters. The van der Waals surface area contributed by atoms with Crippen molar-refractivity contribution in [3.8, 4) is 0 Å². The van der Waals surface area contributed by atoms with Gasteiger partial charge < -0.3 is 10.2 Å². The summed E-state index contributed by atoms with van der Waals surface area (Å²) in [5, 5.41) is 4.31. The van der Waals surface area contributed by atoms with Crippen LogP contribution in [0.4, 0.5) is 11.5 Å². The van der Waals surface area contributed by atoms with Gasteiger partial charge in [0.1, 0.15) is 5.82 Å². The van der Waals surface area contributed by atoms with Gasteiger partial charge in [0.25, 0.3) is 5.91 Å².